The summed E-state index contributed by atoms with van der Waals surface area (Å²) >= 11 is 5.85. The topological polar surface area (TPSA) is 68.5 Å². The zero-order valence-electron chi connectivity index (χ0n) is 13.5. The van der Waals surface area contributed by atoms with Crippen molar-refractivity contribution in [3.05, 3.63) is 75.1 Å². The van der Waals surface area contributed by atoms with Gasteiger partial charge in [-0.3, -0.25) is 4.79 Å². The molecule has 0 atom stereocenters. The van der Waals surface area contributed by atoms with E-state index in [2.05, 4.69) is 5.32 Å². The van der Waals surface area contributed by atoms with Crippen LogP contribution in [0.15, 0.2) is 57.7 Å². The lowest BCUT2D eigenvalue weighted by Crippen LogP contribution is -2.24. The molecule has 1 N–H and O–H groups in total. The Morgan fingerprint density at radius 3 is 2.64 bits per heavy atom. The molecule has 0 spiro atoms. The van der Waals surface area contributed by atoms with Crippen molar-refractivity contribution in [3.63, 3.8) is 0 Å². The maximum atomic E-state index is 12.5. The van der Waals surface area contributed by atoms with Crippen molar-refractivity contribution >= 4 is 28.5 Å². The van der Waals surface area contributed by atoms with Crippen molar-refractivity contribution in [2.75, 3.05) is 6.61 Å². The van der Waals surface area contributed by atoms with Crippen LogP contribution >= 0.6 is 11.6 Å². The molecule has 3 aromatic rings. The smallest absolute Gasteiger partial charge is 0.337 e. The van der Waals surface area contributed by atoms with Gasteiger partial charge in [-0.15, -0.1) is 0 Å². The van der Waals surface area contributed by atoms with E-state index in [1.54, 1.807) is 30.3 Å². The van der Waals surface area contributed by atoms with E-state index in [4.69, 9.17) is 20.8 Å². The standard InChI is InChI=1S/C19H16ClNO4/c1-2-24-14-7-8-15-16(10-18(22)25-17(15)9-14)19(23)21-11-12-3-5-13(20)6-4-12/h3-10H,2,11H2,1H3,(H,21,23). The fraction of sp³-hybridized carbons (Fsp3) is 0.158. The van der Waals surface area contributed by atoms with Crippen LogP contribution in [-0.2, 0) is 6.54 Å². The lowest BCUT2D eigenvalue weighted by molar-refractivity contribution is 0.0952. The molecular weight excluding hydrogens is 342 g/mol. The van der Waals surface area contributed by atoms with E-state index in [1.165, 1.54) is 6.07 Å². The van der Waals surface area contributed by atoms with E-state index in [0.29, 0.717) is 34.9 Å². The molecule has 2 aromatic carbocycles. The second-order valence-electron chi connectivity index (χ2n) is 5.38. The van der Waals surface area contributed by atoms with Gasteiger partial charge in [0, 0.05) is 29.1 Å². The van der Waals surface area contributed by atoms with Crippen LogP contribution in [-0.4, -0.2) is 12.5 Å². The van der Waals surface area contributed by atoms with Gasteiger partial charge in [0.15, 0.2) is 0 Å². The van der Waals surface area contributed by atoms with Gasteiger partial charge >= 0.3 is 5.63 Å². The van der Waals surface area contributed by atoms with Gasteiger partial charge in [-0.2, -0.15) is 0 Å². The van der Waals surface area contributed by atoms with Gasteiger partial charge in [0.1, 0.15) is 11.3 Å². The van der Waals surface area contributed by atoms with Crippen LogP contribution in [0.3, 0.4) is 0 Å². The Hall–Kier alpha value is -2.79. The summed E-state index contributed by atoms with van der Waals surface area (Å²) in [5.74, 6) is 0.230. The molecule has 128 valence electrons. The Balaban J connectivity index is 1.87. The zero-order valence-corrected chi connectivity index (χ0v) is 14.3. The van der Waals surface area contributed by atoms with E-state index in [1.807, 2.05) is 19.1 Å². The molecule has 6 heteroatoms. The summed E-state index contributed by atoms with van der Waals surface area (Å²) in [6.45, 7) is 2.69. The van der Waals surface area contributed by atoms with Crippen LogP contribution < -0.4 is 15.7 Å². The zero-order chi connectivity index (χ0) is 17.8. The normalized spacial score (nSPS) is 10.6. The average Bonchev–Trinajstić information content (AvgIpc) is 2.60. The maximum Gasteiger partial charge on any atom is 0.337 e. The highest BCUT2D eigenvalue weighted by atomic mass is 35.5. The second kappa shape index (κ2) is 7.40. The lowest BCUT2D eigenvalue weighted by atomic mass is 10.1. The van der Waals surface area contributed by atoms with E-state index >= 15 is 0 Å². The molecule has 0 aliphatic carbocycles. The molecular formula is C19H16ClNO4. The summed E-state index contributed by atoms with van der Waals surface area (Å²) in [5.41, 5.74) is 0.903. The van der Waals surface area contributed by atoms with Crippen molar-refractivity contribution < 1.29 is 13.9 Å². The summed E-state index contributed by atoms with van der Waals surface area (Å²) in [4.78, 5) is 24.3. The molecule has 0 saturated carbocycles. The van der Waals surface area contributed by atoms with E-state index in [0.717, 1.165) is 5.56 Å². The van der Waals surface area contributed by atoms with E-state index < -0.39 is 5.63 Å². The predicted molar refractivity (Wildman–Crippen MR) is 96.3 cm³/mol. The highest BCUT2D eigenvalue weighted by Crippen LogP contribution is 2.23. The molecule has 0 unspecified atom stereocenters. The van der Waals surface area contributed by atoms with Crippen LogP contribution in [0.25, 0.3) is 11.0 Å². The lowest BCUT2D eigenvalue weighted by Gasteiger charge is -2.09. The first-order valence-corrected chi connectivity index (χ1v) is 8.18. The number of hydrogen-bond donors (Lipinski definition) is 1. The minimum absolute atomic E-state index is 0.267. The first-order chi connectivity index (χ1) is 12.1. The van der Waals surface area contributed by atoms with Gasteiger partial charge in [0.05, 0.1) is 12.2 Å². The monoisotopic (exact) mass is 357 g/mol. The first kappa shape index (κ1) is 17.0. The van der Waals surface area contributed by atoms with Crippen LogP contribution in [0, 0.1) is 0 Å². The molecule has 0 aliphatic rings. The van der Waals surface area contributed by atoms with Crippen molar-refractivity contribution in [1.29, 1.82) is 0 Å². The molecule has 0 saturated heterocycles. The van der Waals surface area contributed by atoms with Crippen LogP contribution in [0.5, 0.6) is 5.75 Å². The number of ether oxygens (including phenoxy) is 1. The molecule has 0 aliphatic heterocycles. The number of hydrogen-bond acceptors (Lipinski definition) is 4. The highest BCUT2D eigenvalue weighted by molar-refractivity contribution is 6.30. The summed E-state index contributed by atoms with van der Waals surface area (Å²) in [5, 5.41) is 3.98. The molecule has 1 heterocycles. The summed E-state index contributed by atoms with van der Waals surface area (Å²) in [6.07, 6.45) is 0. The number of carbonyl (C=O) groups is 1. The fourth-order valence-electron chi connectivity index (χ4n) is 2.47. The molecule has 0 fully saturated rings. The van der Waals surface area contributed by atoms with Crippen molar-refractivity contribution in [2.45, 2.75) is 13.5 Å². The van der Waals surface area contributed by atoms with Crippen LogP contribution in [0.2, 0.25) is 5.02 Å². The number of nitrogens with one attached hydrogen (secondary N) is 1. The van der Waals surface area contributed by atoms with Crippen molar-refractivity contribution in [1.82, 2.24) is 5.32 Å². The third-order valence-corrected chi connectivity index (χ3v) is 3.89. The Morgan fingerprint density at radius 2 is 1.92 bits per heavy atom. The Morgan fingerprint density at radius 1 is 1.16 bits per heavy atom. The quantitative estimate of drug-likeness (QED) is 0.706. The average molecular weight is 358 g/mol. The molecule has 0 radical (unpaired) electrons. The van der Waals surface area contributed by atoms with Gasteiger partial charge in [-0.05, 0) is 36.8 Å². The fourth-order valence-corrected chi connectivity index (χ4v) is 2.59. The summed E-state index contributed by atoms with van der Waals surface area (Å²) in [7, 11) is 0. The summed E-state index contributed by atoms with van der Waals surface area (Å²) in [6, 6.07) is 13.4. The predicted octanol–water partition coefficient (Wildman–Crippen LogP) is 3.78. The van der Waals surface area contributed by atoms with Crippen LogP contribution in [0.1, 0.15) is 22.8 Å². The number of fused-ring (bicyclic) bond motifs is 1. The Kier molecular flexibility index (Phi) is 5.05. The Labute approximate surface area is 149 Å². The van der Waals surface area contributed by atoms with Crippen molar-refractivity contribution in [2.24, 2.45) is 0 Å². The first-order valence-electron chi connectivity index (χ1n) is 7.80. The van der Waals surface area contributed by atoms with Gasteiger partial charge in [-0.1, -0.05) is 23.7 Å². The molecule has 25 heavy (non-hydrogen) atoms. The maximum absolute atomic E-state index is 12.5. The molecule has 1 aromatic heterocycles. The molecule has 5 nitrogen and oxygen atoms in total. The molecule has 0 bridgehead atoms. The number of benzene rings is 2. The third-order valence-electron chi connectivity index (χ3n) is 3.64. The number of rotatable bonds is 5. The van der Waals surface area contributed by atoms with Gasteiger partial charge in [0.2, 0.25) is 0 Å². The second-order valence-corrected chi connectivity index (χ2v) is 5.82. The van der Waals surface area contributed by atoms with E-state index in [9.17, 15) is 9.59 Å². The minimum Gasteiger partial charge on any atom is -0.494 e. The largest absolute Gasteiger partial charge is 0.494 e. The van der Waals surface area contributed by atoms with Gasteiger partial charge in [0.25, 0.3) is 5.91 Å². The van der Waals surface area contributed by atoms with Gasteiger partial charge in [-0.25, -0.2) is 4.79 Å². The Bertz CT molecular complexity index is 963. The van der Waals surface area contributed by atoms with Crippen LogP contribution in [0.4, 0.5) is 0 Å². The van der Waals surface area contributed by atoms with Gasteiger partial charge < -0.3 is 14.5 Å². The molecule has 1 amide bonds. The highest BCUT2D eigenvalue weighted by Gasteiger charge is 2.14. The van der Waals surface area contributed by atoms with E-state index in [-0.39, 0.29) is 11.5 Å². The number of amides is 1. The SMILES string of the molecule is CCOc1ccc2c(C(=O)NCc3ccc(Cl)cc3)cc(=O)oc2c1. The summed E-state index contributed by atoms with van der Waals surface area (Å²) < 4.78 is 10.6. The van der Waals surface area contributed by atoms with Crippen molar-refractivity contribution in [3.8, 4) is 5.75 Å². The number of halogens is 1. The minimum atomic E-state index is -0.585. The number of carbonyl (C=O) groups excluding carboxylic acids is 1. The molecule has 3 rings (SSSR count). The third kappa shape index (κ3) is 4.00.